The van der Waals surface area contributed by atoms with E-state index in [0.717, 1.165) is 50.7 Å². The number of amides is 1. The molecule has 0 atom stereocenters. The second-order valence-corrected chi connectivity index (χ2v) is 10.7. The van der Waals surface area contributed by atoms with Gasteiger partial charge in [-0.1, -0.05) is 25.7 Å². The van der Waals surface area contributed by atoms with Gasteiger partial charge in [0, 0.05) is 31.6 Å². The van der Waals surface area contributed by atoms with Gasteiger partial charge in [-0.25, -0.2) is 18.1 Å². The molecule has 11 heteroatoms. The lowest BCUT2D eigenvalue weighted by atomic mass is 9.90. The molecule has 1 saturated carbocycles. The monoisotopic (exact) mass is 531 g/mol. The van der Waals surface area contributed by atoms with Crippen molar-refractivity contribution in [3.8, 4) is 22.8 Å². The van der Waals surface area contributed by atoms with Crippen LogP contribution in [0.2, 0.25) is 0 Å². The molecule has 1 aliphatic carbocycles. The van der Waals surface area contributed by atoms with Crippen LogP contribution in [0.25, 0.3) is 16.9 Å². The fraction of sp³-hybridized carbons (Fsp3) is 0.556. The van der Waals surface area contributed by atoms with Crippen molar-refractivity contribution in [1.29, 1.82) is 0 Å². The summed E-state index contributed by atoms with van der Waals surface area (Å²) in [6, 6.07) is 2.19. The van der Waals surface area contributed by atoms with Gasteiger partial charge in [-0.2, -0.15) is 15.1 Å². The number of rotatable bonds is 7. The Morgan fingerprint density at radius 1 is 1.13 bits per heavy atom. The quantitative estimate of drug-likeness (QED) is 0.301. The number of nitrogens with zero attached hydrogens (tertiary/aromatic N) is 5. The number of halogens is 2. The molecule has 1 N–H and O–H groups in total. The van der Waals surface area contributed by atoms with Crippen molar-refractivity contribution in [1.82, 2.24) is 24.5 Å². The minimum absolute atomic E-state index is 0.00423. The maximum atomic E-state index is 15.5. The molecular weight excluding hydrogens is 496 g/mol. The molecule has 9 nitrogen and oxygen atoms in total. The van der Waals surface area contributed by atoms with Crippen LogP contribution in [0.4, 0.5) is 13.6 Å². The fourth-order valence-corrected chi connectivity index (χ4v) is 4.82. The smallest absolute Gasteiger partial charge is 0.410 e. The van der Waals surface area contributed by atoms with Crippen molar-refractivity contribution in [3.05, 3.63) is 35.8 Å². The highest BCUT2D eigenvalue weighted by Gasteiger charge is 2.29. The van der Waals surface area contributed by atoms with Gasteiger partial charge in [0.25, 0.3) is 5.78 Å². The lowest BCUT2D eigenvalue weighted by Gasteiger charge is -2.24. The topological polar surface area (TPSA) is 102 Å². The van der Waals surface area contributed by atoms with Gasteiger partial charge < -0.3 is 19.5 Å². The highest BCUT2D eigenvalue weighted by atomic mass is 19.1. The van der Waals surface area contributed by atoms with Crippen LogP contribution in [0.15, 0.2) is 18.5 Å². The Bertz CT molecular complexity index is 1260. The number of aromatic hydroxyl groups is 1. The van der Waals surface area contributed by atoms with Gasteiger partial charge in [0.1, 0.15) is 29.3 Å². The molecule has 38 heavy (non-hydrogen) atoms. The summed E-state index contributed by atoms with van der Waals surface area (Å²) in [5.41, 5.74) is -0.459. The zero-order valence-corrected chi connectivity index (χ0v) is 22.3. The number of benzene rings is 1. The third kappa shape index (κ3) is 6.31. The molecule has 2 heterocycles. The molecule has 1 aliphatic rings. The molecule has 3 aromatic rings. The van der Waals surface area contributed by atoms with Crippen molar-refractivity contribution in [3.63, 3.8) is 0 Å². The lowest BCUT2D eigenvalue weighted by Crippen LogP contribution is -2.35. The van der Waals surface area contributed by atoms with Crippen molar-refractivity contribution >= 4 is 11.9 Å². The first kappa shape index (κ1) is 27.5. The Balaban J connectivity index is 1.55. The minimum atomic E-state index is -0.877. The van der Waals surface area contributed by atoms with E-state index in [-0.39, 0.29) is 35.2 Å². The molecule has 1 aromatic carbocycles. The van der Waals surface area contributed by atoms with Gasteiger partial charge in [0.15, 0.2) is 0 Å². The van der Waals surface area contributed by atoms with Crippen LogP contribution in [0.3, 0.4) is 0 Å². The van der Waals surface area contributed by atoms with Crippen molar-refractivity contribution < 1.29 is 28.2 Å². The van der Waals surface area contributed by atoms with Crippen molar-refractivity contribution in [2.24, 2.45) is 0 Å². The highest BCUT2D eigenvalue weighted by Crippen LogP contribution is 2.43. The van der Waals surface area contributed by atoms with Gasteiger partial charge in [-0.3, -0.25) is 0 Å². The SMILES string of the molecule is CN(CCCOc1cc(F)c(-c2c(O)nc3ncnn3c2C2CCCCCC2)c(F)c1)C(=O)OC(C)(C)C. The van der Waals surface area contributed by atoms with E-state index in [4.69, 9.17) is 9.47 Å². The van der Waals surface area contributed by atoms with Gasteiger partial charge in [0.05, 0.1) is 23.4 Å². The van der Waals surface area contributed by atoms with Crippen LogP contribution in [-0.4, -0.2) is 61.5 Å². The first-order valence-corrected chi connectivity index (χ1v) is 13.0. The standard InChI is InChI=1S/C27H35F2N5O4/c1-27(2,3)38-26(36)33(4)12-9-13-37-18-14-19(28)21(20(29)15-18)22-23(17-10-7-5-6-8-11-17)34-25(30-16-31-34)32-24(22)35/h14-17H,5-13H2,1-4H3,(H,30,31,32,35). The molecule has 1 amide bonds. The Kier molecular flexibility index (Phi) is 8.32. The van der Waals surface area contributed by atoms with Crippen LogP contribution >= 0.6 is 0 Å². The van der Waals surface area contributed by atoms with Crippen LogP contribution < -0.4 is 4.74 Å². The summed E-state index contributed by atoms with van der Waals surface area (Å²) in [7, 11) is 1.61. The molecule has 0 aliphatic heterocycles. The van der Waals surface area contributed by atoms with E-state index >= 15 is 8.78 Å². The highest BCUT2D eigenvalue weighted by molar-refractivity contribution is 5.74. The van der Waals surface area contributed by atoms with Crippen molar-refractivity contribution in [2.75, 3.05) is 20.2 Å². The summed E-state index contributed by atoms with van der Waals surface area (Å²) in [6.45, 7) is 5.84. The molecule has 2 aromatic heterocycles. The number of hydrogen-bond donors (Lipinski definition) is 1. The molecule has 0 spiro atoms. The van der Waals surface area contributed by atoms with E-state index in [0.29, 0.717) is 18.7 Å². The fourth-order valence-electron chi connectivity index (χ4n) is 4.82. The summed E-state index contributed by atoms with van der Waals surface area (Å²) in [5, 5.41) is 15.1. The zero-order valence-electron chi connectivity index (χ0n) is 22.3. The average molecular weight is 532 g/mol. The Labute approximate surface area is 220 Å². The summed E-state index contributed by atoms with van der Waals surface area (Å²) in [4.78, 5) is 21.6. The summed E-state index contributed by atoms with van der Waals surface area (Å²) < 4.78 is 43.3. The molecule has 0 unspecified atom stereocenters. The normalized spacial score (nSPS) is 14.9. The minimum Gasteiger partial charge on any atom is -0.493 e. The molecule has 0 saturated heterocycles. The second-order valence-electron chi connectivity index (χ2n) is 10.7. The van der Waals surface area contributed by atoms with E-state index in [1.165, 1.54) is 15.7 Å². The second kappa shape index (κ2) is 11.5. The summed E-state index contributed by atoms with van der Waals surface area (Å²) in [6.07, 6.45) is 7.05. The first-order valence-electron chi connectivity index (χ1n) is 13.0. The van der Waals surface area contributed by atoms with Crippen molar-refractivity contribution in [2.45, 2.75) is 77.2 Å². The number of aromatic nitrogens is 4. The van der Waals surface area contributed by atoms with Gasteiger partial charge in [0.2, 0.25) is 5.88 Å². The van der Waals surface area contributed by atoms with E-state index in [1.807, 2.05) is 0 Å². The number of carbonyl (C=O) groups excluding carboxylic acids is 1. The number of carbonyl (C=O) groups is 1. The predicted molar refractivity (Wildman–Crippen MR) is 137 cm³/mol. The molecular formula is C27H35F2N5O4. The Hall–Kier alpha value is -3.50. The van der Waals surface area contributed by atoms with Crippen LogP contribution in [0, 0.1) is 11.6 Å². The van der Waals surface area contributed by atoms with Gasteiger partial charge >= 0.3 is 6.09 Å². The molecule has 1 fully saturated rings. The van der Waals surface area contributed by atoms with E-state index in [9.17, 15) is 9.90 Å². The summed E-state index contributed by atoms with van der Waals surface area (Å²) in [5.74, 6) is -2.10. The largest absolute Gasteiger partial charge is 0.493 e. The van der Waals surface area contributed by atoms with E-state index in [2.05, 4.69) is 15.1 Å². The summed E-state index contributed by atoms with van der Waals surface area (Å²) >= 11 is 0. The Morgan fingerprint density at radius 2 is 1.79 bits per heavy atom. The van der Waals surface area contributed by atoms with Gasteiger partial charge in [-0.15, -0.1) is 0 Å². The average Bonchev–Trinajstić information content (AvgIpc) is 3.12. The van der Waals surface area contributed by atoms with Crippen LogP contribution in [-0.2, 0) is 4.74 Å². The van der Waals surface area contributed by atoms with Crippen LogP contribution in [0.5, 0.6) is 11.6 Å². The maximum Gasteiger partial charge on any atom is 0.410 e. The lowest BCUT2D eigenvalue weighted by molar-refractivity contribution is 0.0292. The third-order valence-corrected chi connectivity index (χ3v) is 6.56. The molecule has 206 valence electrons. The third-order valence-electron chi connectivity index (χ3n) is 6.56. The molecule has 0 bridgehead atoms. The number of fused-ring (bicyclic) bond motifs is 1. The van der Waals surface area contributed by atoms with Crippen LogP contribution in [0.1, 0.15) is 77.3 Å². The zero-order chi connectivity index (χ0) is 27.4. The first-order chi connectivity index (χ1) is 18.0. The molecule has 4 rings (SSSR count). The van der Waals surface area contributed by atoms with Gasteiger partial charge in [-0.05, 0) is 40.0 Å². The molecule has 0 radical (unpaired) electrons. The van der Waals surface area contributed by atoms with E-state index in [1.54, 1.807) is 27.8 Å². The number of ether oxygens (including phenoxy) is 2. The number of hydrogen-bond acceptors (Lipinski definition) is 7. The predicted octanol–water partition coefficient (Wildman–Crippen LogP) is 5.85. The van der Waals surface area contributed by atoms with E-state index < -0.39 is 29.2 Å². The Morgan fingerprint density at radius 3 is 2.42 bits per heavy atom. The maximum absolute atomic E-state index is 15.5.